The molecule has 4 aromatic rings. The van der Waals surface area contributed by atoms with Crippen LogP contribution in [0, 0.1) is 0 Å². The first-order valence-electron chi connectivity index (χ1n) is 10.6. The second kappa shape index (κ2) is 9.59. The third-order valence-corrected chi connectivity index (χ3v) is 5.52. The van der Waals surface area contributed by atoms with Crippen LogP contribution in [-0.4, -0.2) is 30.1 Å². The first-order chi connectivity index (χ1) is 15.4. The molecule has 0 aliphatic heterocycles. The SMILES string of the molecule is CC(C)(C)n1nnnc1[C@@H](c1cccnc1)N(Cc1ccccc1)Cc1ccc(Cl)cc1. The lowest BCUT2D eigenvalue weighted by Gasteiger charge is -2.33. The van der Waals surface area contributed by atoms with Crippen LogP contribution in [0.5, 0.6) is 0 Å². The Morgan fingerprint density at radius 3 is 2.22 bits per heavy atom. The molecule has 0 unspecified atom stereocenters. The summed E-state index contributed by atoms with van der Waals surface area (Å²) in [5, 5.41) is 13.6. The van der Waals surface area contributed by atoms with Gasteiger partial charge in [0.05, 0.1) is 11.6 Å². The molecule has 1 atom stereocenters. The largest absolute Gasteiger partial charge is 0.281 e. The highest BCUT2D eigenvalue weighted by Gasteiger charge is 2.31. The predicted octanol–water partition coefficient (Wildman–Crippen LogP) is 5.27. The summed E-state index contributed by atoms with van der Waals surface area (Å²) in [5.41, 5.74) is 3.15. The van der Waals surface area contributed by atoms with Crippen molar-refractivity contribution in [1.29, 1.82) is 0 Å². The number of pyridine rings is 1. The maximum Gasteiger partial charge on any atom is 0.173 e. The average Bonchev–Trinajstić information content (AvgIpc) is 3.27. The smallest absolute Gasteiger partial charge is 0.173 e. The van der Waals surface area contributed by atoms with Gasteiger partial charge >= 0.3 is 0 Å². The van der Waals surface area contributed by atoms with Gasteiger partial charge < -0.3 is 0 Å². The number of nitrogens with zero attached hydrogens (tertiary/aromatic N) is 6. The molecule has 4 rings (SSSR count). The Morgan fingerprint density at radius 1 is 0.906 bits per heavy atom. The van der Waals surface area contributed by atoms with Gasteiger partial charge in [0.1, 0.15) is 0 Å². The molecule has 0 radical (unpaired) electrons. The summed E-state index contributed by atoms with van der Waals surface area (Å²) >= 11 is 6.14. The summed E-state index contributed by atoms with van der Waals surface area (Å²) in [6, 6.07) is 22.3. The molecule has 7 heteroatoms. The van der Waals surface area contributed by atoms with Crippen molar-refractivity contribution >= 4 is 11.6 Å². The topological polar surface area (TPSA) is 59.7 Å². The van der Waals surface area contributed by atoms with Crippen molar-refractivity contribution in [2.75, 3.05) is 0 Å². The number of benzene rings is 2. The normalized spacial score (nSPS) is 12.8. The number of halogens is 1. The van der Waals surface area contributed by atoms with E-state index in [2.05, 4.69) is 88.6 Å². The number of hydrogen-bond acceptors (Lipinski definition) is 5. The molecule has 0 amide bonds. The lowest BCUT2D eigenvalue weighted by atomic mass is 10.0. The van der Waals surface area contributed by atoms with Gasteiger partial charge in [0.2, 0.25) is 0 Å². The average molecular weight is 447 g/mol. The number of rotatable bonds is 7. The first kappa shape index (κ1) is 22.1. The van der Waals surface area contributed by atoms with Crippen LogP contribution in [0.4, 0.5) is 0 Å². The van der Waals surface area contributed by atoms with E-state index in [4.69, 9.17) is 11.6 Å². The van der Waals surface area contributed by atoms with Gasteiger partial charge in [-0.3, -0.25) is 9.88 Å². The van der Waals surface area contributed by atoms with Crippen molar-refractivity contribution < 1.29 is 0 Å². The van der Waals surface area contributed by atoms with Crippen LogP contribution < -0.4 is 0 Å². The minimum absolute atomic E-state index is 0.186. The van der Waals surface area contributed by atoms with Gasteiger partial charge in [0.15, 0.2) is 5.82 Å². The Balaban J connectivity index is 1.82. The van der Waals surface area contributed by atoms with Crippen LogP contribution in [-0.2, 0) is 18.6 Å². The van der Waals surface area contributed by atoms with E-state index in [-0.39, 0.29) is 11.6 Å². The molecule has 0 spiro atoms. The van der Waals surface area contributed by atoms with Gasteiger partial charge in [0.25, 0.3) is 0 Å². The first-order valence-corrected chi connectivity index (χ1v) is 11.0. The van der Waals surface area contributed by atoms with E-state index in [1.807, 2.05) is 35.1 Å². The second-order valence-corrected chi connectivity index (χ2v) is 9.26. The lowest BCUT2D eigenvalue weighted by molar-refractivity contribution is 0.185. The molecule has 2 aromatic heterocycles. The summed E-state index contributed by atoms with van der Waals surface area (Å²) in [4.78, 5) is 6.77. The third-order valence-electron chi connectivity index (χ3n) is 5.27. The van der Waals surface area contributed by atoms with Crippen molar-refractivity contribution in [1.82, 2.24) is 30.1 Å². The van der Waals surface area contributed by atoms with Crippen molar-refractivity contribution in [2.45, 2.75) is 45.4 Å². The fourth-order valence-electron chi connectivity index (χ4n) is 3.78. The molecule has 0 bridgehead atoms. The van der Waals surface area contributed by atoms with Crippen molar-refractivity contribution in [3.8, 4) is 0 Å². The predicted molar refractivity (Wildman–Crippen MR) is 126 cm³/mol. The second-order valence-electron chi connectivity index (χ2n) is 8.83. The molecule has 164 valence electrons. The summed E-state index contributed by atoms with van der Waals surface area (Å²) in [6.07, 6.45) is 3.68. The summed E-state index contributed by atoms with van der Waals surface area (Å²) in [5.74, 6) is 0.787. The molecule has 2 aromatic carbocycles. The Morgan fingerprint density at radius 2 is 1.59 bits per heavy atom. The Bertz CT molecular complexity index is 1120. The molecule has 0 saturated heterocycles. The zero-order valence-corrected chi connectivity index (χ0v) is 19.3. The van der Waals surface area contributed by atoms with Crippen LogP contribution in [0.3, 0.4) is 0 Å². The molecule has 0 fully saturated rings. The highest BCUT2D eigenvalue weighted by atomic mass is 35.5. The molecular formula is C25H27ClN6. The van der Waals surface area contributed by atoms with Crippen LogP contribution in [0.2, 0.25) is 5.02 Å². The van der Waals surface area contributed by atoms with Crippen LogP contribution >= 0.6 is 11.6 Å². The van der Waals surface area contributed by atoms with Gasteiger partial charge in [-0.2, -0.15) is 0 Å². The molecule has 6 nitrogen and oxygen atoms in total. The number of hydrogen-bond donors (Lipinski definition) is 0. The van der Waals surface area contributed by atoms with E-state index < -0.39 is 0 Å². The highest BCUT2D eigenvalue weighted by molar-refractivity contribution is 6.30. The van der Waals surface area contributed by atoms with Crippen LogP contribution in [0.25, 0.3) is 0 Å². The molecule has 2 heterocycles. The van der Waals surface area contributed by atoms with E-state index in [9.17, 15) is 0 Å². The zero-order valence-electron chi connectivity index (χ0n) is 18.6. The summed E-state index contributed by atoms with van der Waals surface area (Å²) in [6.45, 7) is 7.73. The quantitative estimate of drug-likeness (QED) is 0.387. The zero-order chi connectivity index (χ0) is 22.6. The Kier molecular flexibility index (Phi) is 6.63. The summed E-state index contributed by atoms with van der Waals surface area (Å²) in [7, 11) is 0. The van der Waals surface area contributed by atoms with E-state index in [0.29, 0.717) is 6.54 Å². The standard InChI is InChI=1S/C25H27ClN6/c1-25(2,3)32-24(28-29-30-32)23(21-10-7-15-27-16-21)31(17-19-8-5-4-6-9-19)18-20-11-13-22(26)14-12-20/h4-16,23H,17-18H2,1-3H3/t23-/m1/s1. The maximum absolute atomic E-state index is 6.14. The maximum atomic E-state index is 6.14. The third kappa shape index (κ3) is 5.21. The molecule has 32 heavy (non-hydrogen) atoms. The summed E-state index contributed by atoms with van der Waals surface area (Å²) < 4.78 is 1.91. The highest BCUT2D eigenvalue weighted by Crippen LogP contribution is 2.32. The van der Waals surface area contributed by atoms with Gasteiger partial charge in [0, 0.05) is 30.5 Å². The van der Waals surface area contributed by atoms with Gasteiger partial charge in [-0.15, -0.1) is 5.10 Å². The fraction of sp³-hybridized carbons (Fsp3) is 0.280. The minimum atomic E-state index is -0.266. The van der Waals surface area contributed by atoms with E-state index >= 15 is 0 Å². The minimum Gasteiger partial charge on any atom is -0.281 e. The Labute approximate surface area is 193 Å². The van der Waals surface area contributed by atoms with Crippen molar-refractivity contribution in [2.24, 2.45) is 0 Å². The Hall–Kier alpha value is -3.09. The van der Waals surface area contributed by atoms with Gasteiger partial charge in [-0.25, -0.2) is 4.68 Å². The number of aromatic nitrogens is 5. The monoisotopic (exact) mass is 446 g/mol. The van der Waals surface area contributed by atoms with Gasteiger partial charge in [-0.05, 0) is 66.1 Å². The molecule has 0 saturated carbocycles. The fourth-order valence-corrected chi connectivity index (χ4v) is 3.91. The van der Waals surface area contributed by atoms with Crippen molar-refractivity contribution in [3.63, 3.8) is 0 Å². The van der Waals surface area contributed by atoms with Gasteiger partial charge in [-0.1, -0.05) is 60.1 Å². The van der Waals surface area contributed by atoms with E-state index in [1.165, 1.54) is 5.56 Å². The molecule has 0 aliphatic carbocycles. The molecule has 0 N–H and O–H groups in total. The molecule has 0 aliphatic rings. The van der Waals surface area contributed by atoms with Crippen LogP contribution in [0.1, 0.15) is 49.3 Å². The number of tetrazole rings is 1. The van der Waals surface area contributed by atoms with Crippen molar-refractivity contribution in [3.05, 3.63) is 107 Å². The lowest BCUT2D eigenvalue weighted by Crippen LogP contribution is -2.34. The van der Waals surface area contributed by atoms with E-state index in [1.54, 1.807) is 6.20 Å². The van der Waals surface area contributed by atoms with Crippen LogP contribution in [0.15, 0.2) is 79.1 Å². The molecular weight excluding hydrogens is 420 g/mol. The van der Waals surface area contributed by atoms with E-state index in [0.717, 1.165) is 28.5 Å².